The van der Waals surface area contributed by atoms with Gasteiger partial charge in [-0.05, 0) is 11.6 Å². The van der Waals surface area contributed by atoms with Gasteiger partial charge >= 0.3 is 0 Å². The molecule has 2 heterocycles. The van der Waals surface area contributed by atoms with E-state index in [4.69, 9.17) is 9.15 Å². The molecule has 0 saturated carbocycles. The normalized spacial score (nSPS) is 15.5. The molecule has 1 aliphatic rings. The van der Waals surface area contributed by atoms with Gasteiger partial charge in [-0.2, -0.15) is 0 Å². The minimum atomic E-state index is -0.231. The molecule has 0 radical (unpaired) electrons. The van der Waals surface area contributed by atoms with E-state index in [1.807, 2.05) is 31.2 Å². The second kappa shape index (κ2) is 7.39. The van der Waals surface area contributed by atoms with Crippen LogP contribution in [-0.4, -0.2) is 42.1 Å². The van der Waals surface area contributed by atoms with Crippen molar-refractivity contribution < 1.29 is 13.9 Å². The highest BCUT2D eigenvalue weighted by Gasteiger charge is 2.18. The van der Waals surface area contributed by atoms with Crippen LogP contribution in [0.4, 0.5) is 5.69 Å². The Hall–Kier alpha value is -2.18. The first-order valence-corrected chi connectivity index (χ1v) is 7.89. The van der Waals surface area contributed by atoms with Gasteiger partial charge in [0, 0.05) is 31.7 Å². The number of carbonyl (C=O) groups is 1. The molecular weight excluding hydrogens is 294 g/mol. The molecular formula is C17H21N3O3. The molecule has 2 aromatic rings. The SMILES string of the molecule is CCc1ocnc1C(=O)Nc1ccccc1CN1CCOCC1. The van der Waals surface area contributed by atoms with Gasteiger partial charge in [0.15, 0.2) is 12.1 Å². The maximum atomic E-state index is 12.4. The Morgan fingerprint density at radius 1 is 1.30 bits per heavy atom. The fourth-order valence-corrected chi connectivity index (χ4v) is 2.67. The van der Waals surface area contributed by atoms with Crippen molar-refractivity contribution in [3.8, 4) is 0 Å². The summed E-state index contributed by atoms with van der Waals surface area (Å²) in [6, 6.07) is 7.86. The quantitative estimate of drug-likeness (QED) is 0.917. The van der Waals surface area contributed by atoms with Crippen LogP contribution in [0.1, 0.15) is 28.7 Å². The Kier molecular flexibility index (Phi) is 5.05. The maximum absolute atomic E-state index is 12.4. The first-order chi connectivity index (χ1) is 11.3. The predicted molar refractivity (Wildman–Crippen MR) is 86.4 cm³/mol. The summed E-state index contributed by atoms with van der Waals surface area (Å²) in [6.45, 7) is 6.06. The fraction of sp³-hybridized carbons (Fsp3) is 0.412. The smallest absolute Gasteiger partial charge is 0.277 e. The van der Waals surface area contributed by atoms with Gasteiger partial charge in [-0.15, -0.1) is 0 Å². The lowest BCUT2D eigenvalue weighted by molar-refractivity contribution is 0.0342. The maximum Gasteiger partial charge on any atom is 0.277 e. The first kappa shape index (κ1) is 15.7. The minimum Gasteiger partial charge on any atom is -0.448 e. The summed E-state index contributed by atoms with van der Waals surface area (Å²) in [6.07, 6.45) is 1.95. The van der Waals surface area contributed by atoms with Crippen molar-refractivity contribution in [2.45, 2.75) is 19.9 Å². The van der Waals surface area contributed by atoms with Crippen LogP contribution in [0.5, 0.6) is 0 Å². The number of benzene rings is 1. The average Bonchev–Trinajstić information content (AvgIpc) is 3.06. The Morgan fingerprint density at radius 2 is 2.09 bits per heavy atom. The number of rotatable bonds is 5. The summed E-state index contributed by atoms with van der Waals surface area (Å²) in [5.74, 6) is 0.373. The third-order valence-electron chi connectivity index (χ3n) is 3.94. The number of ether oxygens (including phenoxy) is 1. The van der Waals surface area contributed by atoms with Gasteiger partial charge in [0.25, 0.3) is 5.91 Å². The van der Waals surface area contributed by atoms with Crippen LogP contribution in [-0.2, 0) is 17.7 Å². The lowest BCUT2D eigenvalue weighted by Gasteiger charge is -2.27. The number of amides is 1. The van der Waals surface area contributed by atoms with Crippen molar-refractivity contribution in [2.24, 2.45) is 0 Å². The third kappa shape index (κ3) is 3.78. The number of carbonyl (C=O) groups excluding carboxylic acids is 1. The number of aromatic nitrogens is 1. The van der Waals surface area contributed by atoms with Gasteiger partial charge in [0.1, 0.15) is 5.76 Å². The summed E-state index contributed by atoms with van der Waals surface area (Å²) < 4.78 is 10.6. The highest BCUT2D eigenvalue weighted by Crippen LogP contribution is 2.19. The van der Waals surface area contributed by atoms with E-state index in [1.165, 1.54) is 6.39 Å². The van der Waals surface area contributed by atoms with Gasteiger partial charge in [-0.1, -0.05) is 25.1 Å². The summed E-state index contributed by atoms with van der Waals surface area (Å²) >= 11 is 0. The van der Waals surface area contributed by atoms with Crippen LogP contribution < -0.4 is 5.32 Å². The molecule has 0 unspecified atom stereocenters. The van der Waals surface area contributed by atoms with Gasteiger partial charge < -0.3 is 14.5 Å². The molecule has 0 spiro atoms. The molecule has 3 rings (SSSR count). The number of hydrogen-bond donors (Lipinski definition) is 1. The number of oxazole rings is 1. The second-order valence-electron chi connectivity index (χ2n) is 5.48. The summed E-state index contributed by atoms with van der Waals surface area (Å²) in [7, 11) is 0. The topological polar surface area (TPSA) is 67.6 Å². The number of nitrogens with one attached hydrogen (secondary N) is 1. The monoisotopic (exact) mass is 315 g/mol. The zero-order valence-corrected chi connectivity index (χ0v) is 13.2. The van der Waals surface area contributed by atoms with Crippen LogP contribution in [0.3, 0.4) is 0 Å². The van der Waals surface area contributed by atoms with E-state index >= 15 is 0 Å². The lowest BCUT2D eigenvalue weighted by Crippen LogP contribution is -2.35. The molecule has 1 aromatic carbocycles. The number of para-hydroxylation sites is 1. The highest BCUT2D eigenvalue weighted by atomic mass is 16.5. The number of aryl methyl sites for hydroxylation is 1. The summed E-state index contributed by atoms with van der Waals surface area (Å²) in [5, 5.41) is 2.96. The van der Waals surface area contributed by atoms with Crippen molar-refractivity contribution in [2.75, 3.05) is 31.6 Å². The van der Waals surface area contributed by atoms with Gasteiger partial charge in [-0.3, -0.25) is 9.69 Å². The summed E-state index contributed by atoms with van der Waals surface area (Å²) in [5.41, 5.74) is 2.26. The van der Waals surface area contributed by atoms with E-state index < -0.39 is 0 Å². The highest BCUT2D eigenvalue weighted by molar-refractivity contribution is 6.03. The number of nitrogens with zero attached hydrogens (tertiary/aromatic N) is 2. The molecule has 1 amide bonds. The van der Waals surface area contributed by atoms with Crippen LogP contribution >= 0.6 is 0 Å². The largest absolute Gasteiger partial charge is 0.448 e. The fourth-order valence-electron chi connectivity index (χ4n) is 2.67. The van der Waals surface area contributed by atoms with Crippen LogP contribution in [0.15, 0.2) is 35.1 Å². The van der Waals surface area contributed by atoms with E-state index in [-0.39, 0.29) is 5.91 Å². The van der Waals surface area contributed by atoms with Crippen molar-refractivity contribution >= 4 is 11.6 Å². The van der Waals surface area contributed by atoms with E-state index in [0.29, 0.717) is 17.9 Å². The molecule has 0 atom stereocenters. The van der Waals surface area contributed by atoms with E-state index in [9.17, 15) is 4.79 Å². The number of hydrogen-bond acceptors (Lipinski definition) is 5. The predicted octanol–water partition coefficient (Wildman–Crippen LogP) is 2.32. The Bertz CT molecular complexity index is 663. The Morgan fingerprint density at radius 3 is 2.87 bits per heavy atom. The molecule has 6 nitrogen and oxygen atoms in total. The number of morpholine rings is 1. The molecule has 122 valence electrons. The van der Waals surface area contributed by atoms with Crippen LogP contribution in [0.2, 0.25) is 0 Å². The molecule has 0 bridgehead atoms. The molecule has 1 N–H and O–H groups in total. The van der Waals surface area contributed by atoms with Crippen molar-refractivity contribution in [1.29, 1.82) is 0 Å². The van der Waals surface area contributed by atoms with Gasteiger partial charge in [-0.25, -0.2) is 4.98 Å². The molecule has 1 aliphatic heterocycles. The van der Waals surface area contributed by atoms with Crippen LogP contribution in [0.25, 0.3) is 0 Å². The minimum absolute atomic E-state index is 0.231. The second-order valence-corrected chi connectivity index (χ2v) is 5.48. The standard InChI is InChI=1S/C17H21N3O3/c1-2-15-16(18-12-23-15)17(21)19-14-6-4-3-5-13(14)11-20-7-9-22-10-8-20/h3-6,12H,2,7-11H2,1H3,(H,19,21). The Balaban J connectivity index is 1.73. The van der Waals surface area contributed by atoms with E-state index in [1.54, 1.807) is 0 Å². The average molecular weight is 315 g/mol. The number of anilines is 1. The van der Waals surface area contributed by atoms with Gasteiger partial charge in [0.2, 0.25) is 0 Å². The molecule has 0 aliphatic carbocycles. The third-order valence-corrected chi connectivity index (χ3v) is 3.94. The van der Waals surface area contributed by atoms with Crippen LogP contribution in [0, 0.1) is 0 Å². The molecule has 1 saturated heterocycles. The van der Waals surface area contributed by atoms with Crippen molar-refractivity contribution in [1.82, 2.24) is 9.88 Å². The van der Waals surface area contributed by atoms with E-state index in [2.05, 4.69) is 15.2 Å². The molecule has 23 heavy (non-hydrogen) atoms. The van der Waals surface area contributed by atoms with Crippen molar-refractivity contribution in [3.05, 3.63) is 47.7 Å². The zero-order chi connectivity index (χ0) is 16.1. The van der Waals surface area contributed by atoms with Crippen molar-refractivity contribution in [3.63, 3.8) is 0 Å². The summed E-state index contributed by atoms with van der Waals surface area (Å²) in [4.78, 5) is 18.8. The molecule has 1 fully saturated rings. The van der Waals surface area contributed by atoms with Gasteiger partial charge in [0.05, 0.1) is 13.2 Å². The lowest BCUT2D eigenvalue weighted by atomic mass is 10.1. The Labute approximate surface area is 135 Å². The molecule has 6 heteroatoms. The molecule has 1 aromatic heterocycles. The zero-order valence-electron chi connectivity index (χ0n) is 13.2. The van der Waals surface area contributed by atoms with E-state index in [0.717, 1.165) is 44.1 Å². The first-order valence-electron chi connectivity index (χ1n) is 7.89.